The molecule has 0 aromatic heterocycles. The number of carbonyl (C=O) groups is 1. The van der Waals surface area contributed by atoms with Crippen molar-refractivity contribution in [3.05, 3.63) is 66.3 Å². The third-order valence-corrected chi connectivity index (χ3v) is 4.97. The van der Waals surface area contributed by atoms with E-state index in [0.29, 0.717) is 6.42 Å². The number of allylic oxidation sites excluding steroid dienone is 6. The number of primary amides is 1. The summed E-state index contributed by atoms with van der Waals surface area (Å²) in [6, 6.07) is 7.89. The van der Waals surface area contributed by atoms with Gasteiger partial charge in [-0.15, -0.1) is 0 Å². The van der Waals surface area contributed by atoms with Crippen molar-refractivity contribution in [2.75, 3.05) is 7.11 Å². The van der Waals surface area contributed by atoms with Crippen molar-refractivity contribution in [1.29, 1.82) is 0 Å². The number of ether oxygens (including phenoxy) is 1. The van der Waals surface area contributed by atoms with Crippen LogP contribution in [0.1, 0.15) is 70.3 Å². The predicted octanol–water partition coefficient (Wildman–Crippen LogP) is 6.54. The third kappa shape index (κ3) is 12.7. The average molecular weight is 398 g/mol. The van der Waals surface area contributed by atoms with Crippen molar-refractivity contribution in [3.63, 3.8) is 0 Å². The maximum atomic E-state index is 11.8. The minimum atomic E-state index is -0.200. The quantitative estimate of drug-likeness (QED) is 0.254. The van der Waals surface area contributed by atoms with E-state index in [-0.39, 0.29) is 11.8 Å². The molecule has 1 aromatic carbocycles. The Bertz CT molecular complexity index is 646. The molecular formula is C26H39NO2. The van der Waals surface area contributed by atoms with Crippen molar-refractivity contribution in [2.45, 2.75) is 71.1 Å². The van der Waals surface area contributed by atoms with Crippen LogP contribution in [0.15, 0.2) is 60.7 Å². The van der Waals surface area contributed by atoms with E-state index in [1.165, 1.54) is 12.8 Å². The molecule has 160 valence electrons. The van der Waals surface area contributed by atoms with E-state index in [9.17, 15) is 4.79 Å². The maximum absolute atomic E-state index is 11.8. The zero-order valence-corrected chi connectivity index (χ0v) is 18.3. The summed E-state index contributed by atoms with van der Waals surface area (Å²) < 4.78 is 5.26. The van der Waals surface area contributed by atoms with Gasteiger partial charge in [0.15, 0.2) is 0 Å². The zero-order valence-electron chi connectivity index (χ0n) is 18.3. The van der Waals surface area contributed by atoms with Crippen LogP contribution in [0.3, 0.4) is 0 Å². The summed E-state index contributed by atoms with van der Waals surface area (Å²) in [5.74, 6) is 0.526. The van der Waals surface area contributed by atoms with Gasteiger partial charge in [0.05, 0.1) is 7.11 Å². The second-order valence-electron chi connectivity index (χ2n) is 7.44. The smallest absolute Gasteiger partial charge is 0.220 e. The molecule has 0 heterocycles. The predicted molar refractivity (Wildman–Crippen MR) is 124 cm³/mol. The molecule has 1 unspecified atom stereocenters. The molecule has 1 rings (SSSR count). The van der Waals surface area contributed by atoms with Crippen LogP contribution in [0.5, 0.6) is 5.75 Å². The lowest BCUT2D eigenvalue weighted by molar-refractivity contribution is -0.122. The fourth-order valence-electron chi connectivity index (χ4n) is 3.26. The van der Waals surface area contributed by atoms with Gasteiger partial charge in [0.2, 0.25) is 5.91 Å². The number of carbonyl (C=O) groups excluding carboxylic acids is 1. The minimum absolute atomic E-state index is 0.0963. The summed E-state index contributed by atoms with van der Waals surface area (Å²) in [5.41, 5.74) is 6.73. The summed E-state index contributed by atoms with van der Waals surface area (Å²) in [4.78, 5) is 11.8. The van der Waals surface area contributed by atoms with E-state index >= 15 is 0 Å². The number of nitrogens with two attached hydrogens (primary N) is 1. The Labute approximate surface area is 177 Å². The van der Waals surface area contributed by atoms with E-state index in [4.69, 9.17) is 10.5 Å². The van der Waals surface area contributed by atoms with Crippen molar-refractivity contribution in [3.8, 4) is 5.75 Å². The van der Waals surface area contributed by atoms with Crippen LogP contribution in [0, 0.1) is 5.92 Å². The molecule has 2 N–H and O–H groups in total. The molecule has 1 atom stereocenters. The molecule has 1 amide bonds. The summed E-state index contributed by atoms with van der Waals surface area (Å²) in [6.45, 7) is 2.15. The molecule has 0 aliphatic heterocycles. The summed E-state index contributed by atoms with van der Waals surface area (Å²) in [7, 11) is 1.66. The lowest BCUT2D eigenvalue weighted by Crippen LogP contribution is -2.25. The molecule has 0 aliphatic rings. The number of benzene rings is 1. The van der Waals surface area contributed by atoms with Gasteiger partial charge < -0.3 is 10.5 Å². The molecule has 1 aromatic rings. The van der Waals surface area contributed by atoms with E-state index in [1.54, 1.807) is 7.11 Å². The standard InChI is InChI=1S/C26H39NO2/c1-3-4-5-6-7-8-9-10-11-12-13-14-15-16-19-24(26(27)28)21-23-18-17-20-25(22-23)29-2/h4-5,7-8,10-11,17-18,20,22,24H,3,6,9,12-16,19,21H2,1-2H3,(H2,27,28)/b5-4-,8-7-,11-10-. The Morgan fingerprint density at radius 1 is 1.00 bits per heavy atom. The Balaban J connectivity index is 2.14. The number of hydrogen-bond donors (Lipinski definition) is 1. The van der Waals surface area contributed by atoms with E-state index in [1.807, 2.05) is 24.3 Å². The average Bonchev–Trinajstić information content (AvgIpc) is 2.73. The molecule has 3 heteroatoms. The van der Waals surface area contributed by atoms with E-state index < -0.39 is 0 Å². The summed E-state index contributed by atoms with van der Waals surface area (Å²) in [5, 5.41) is 0. The van der Waals surface area contributed by atoms with Gasteiger partial charge in [-0.1, -0.05) is 74.8 Å². The highest BCUT2D eigenvalue weighted by Crippen LogP contribution is 2.20. The van der Waals surface area contributed by atoms with Crippen LogP contribution in [0.2, 0.25) is 0 Å². The van der Waals surface area contributed by atoms with Gasteiger partial charge in [-0.05, 0) is 62.6 Å². The van der Waals surface area contributed by atoms with Gasteiger partial charge in [0.1, 0.15) is 5.75 Å². The van der Waals surface area contributed by atoms with Gasteiger partial charge in [0.25, 0.3) is 0 Å². The number of methoxy groups -OCH3 is 1. The topological polar surface area (TPSA) is 52.3 Å². The highest BCUT2D eigenvalue weighted by molar-refractivity contribution is 5.76. The lowest BCUT2D eigenvalue weighted by atomic mass is 9.93. The third-order valence-electron chi connectivity index (χ3n) is 4.97. The molecule has 0 aliphatic carbocycles. The number of unbranched alkanes of at least 4 members (excludes halogenated alkanes) is 4. The summed E-state index contributed by atoms with van der Waals surface area (Å²) in [6.07, 6.45) is 23.8. The first-order valence-corrected chi connectivity index (χ1v) is 11.0. The Kier molecular flexibility index (Phi) is 14.2. The van der Waals surface area contributed by atoms with Crippen LogP contribution < -0.4 is 10.5 Å². The largest absolute Gasteiger partial charge is 0.497 e. The fraction of sp³-hybridized carbons (Fsp3) is 0.500. The molecule has 29 heavy (non-hydrogen) atoms. The van der Waals surface area contributed by atoms with Crippen molar-refractivity contribution in [1.82, 2.24) is 0 Å². The molecule has 0 bridgehead atoms. The first kappa shape index (κ1) is 24.7. The fourth-order valence-corrected chi connectivity index (χ4v) is 3.26. The van der Waals surface area contributed by atoms with E-state index in [0.717, 1.165) is 56.3 Å². The second-order valence-corrected chi connectivity index (χ2v) is 7.44. The van der Waals surface area contributed by atoms with Crippen LogP contribution in [0.4, 0.5) is 0 Å². The number of rotatable bonds is 16. The highest BCUT2D eigenvalue weighted by Gasteiger charge is 2.15. The Morgan fingerprint density at radius 3 is 2.38 bits per heavy atom. The van der Waals surface area contributed by atoms with Gasteiger partial charge in [-0.25, -0.2) is 0 Å². The Hall–Kier alpha value is -2.29. The highest BCUT2D eigenvalue weighted by atomic mass is 16.5. The maximum Gasteiger partial charge on any atom is 0.220 e. The van der Waals surface area contributed by atoms with Crippen LogP contribution in [-0.2, 0) is 11.2 Å². The van der Waals surface area contributed by atoms with Gasteiger partial charge in [-0.3, -0.25) is 4.79 Å². The first-order chi connectivity index (χ1) is 14.2. The molecule has 0 saturated carbocycles. The van der Waals surface area contributed by atoms with Crippen LogP contribution in [0.25, 0.3) is 0 Å². The van der Waals surface area contributed by atoms with Crippen molar-refractivity contribution < 1.29 is 9.53 Å². The monoisotopic (exact) mass is 397 g/mol. The van der Waals surface area contributed by atoms with Gasteiger partial charge in [0, 0.05) is 5.92 Å². The van der Waals surface area contributed by atoms with Crippen molar-refractivity contribution in [2.24, 2.45) is 11.7 Å². The van der Waals surface area contributed by atoms with Crippen LogP contribution in [-0.4, -0.2) is 13.0 Å². The van der Waals surface area contributed by atoms with Gasteiger partial charge >= 0.3 is 0 Å². The molecular weight excluding hydrogens is 358 g/mol. The van der Waals surface area contributed by atoms with Gasteiger partial charge in [-0.2, -0.15) is 0 Å². The zero-order chi connectivity index (χ0) is 21.2. The minimum Gasteiger partial charge on any atom is -0.497 e. The Morgan fingerprint density at radius 2 is 1.69 bits per heavy atom. The second kappa shape index (κ2) is 16.6. The molecule has 3 nitrogen and oxygen atoms in total. The molecule has 0 fully saturated rings. The van der Waals surface area contributed by atoms with Crippen molar-refractivity contribution >= 4 is 5.91 Å². The lowest BCUT2D eigenvalue weighted by Gasteiger charge is -2.14. The molecule has 0 saturated heterocycles. The molecule has 0 radical (unpaired) electrons. The normalized spacial score (nSPS) is 12.9. The summed E-state index contributed by atoms with van der Waals surface area (Å²) >= 11 is 0. The van der Waals surface area contributed by atoms with E-state index in [2.05, 4.69) is 43.4 Å². The van der Waals surface area contributed by atoms with Crippen LogP contribution >= 0.6 is 0 Å². The number of hydrogen-bond acceptors (Lipinski definition) is 2. The number of amides is 1. The molecule has 0 spiro atoms. The first-order valence-electron chi connectivity index (χ1n) is 11.0. The SMILES string of the molecule is CC/C=C\C/C=C\C/C=C\CCCCCCC(Cc1cccc(OC)c1)C(N)=O.